The van der Waals surface area contributed by atoms with Gasteiger partial charge in [-0.25, -0.2) is 0 Å². The van der Waals surface area contributed by atoms with Crippen LogP contribution < -0.4 is 11.7 Å². The lowest BCUT2D eigenvalue weighted by atomic mass is 11.2. The smallest absolute Gasteiger partial charge is 0.267 e. The minimum Gasteiger partial charge on any atom is -0.267 e. The van der Waals surface area contributed by atoms with E-state index in [0.29, 0.717) is 8.52 Å². The predicted octanol–water partition coefficient (Wildman–Crippen LogP) is -2.11. The summed E-state index contributed by atoms with van der Waals surface area (Å²) in [4.78, 5) is 0. The molecule has 0 fully saturated rings. The van der Waals surface area contributed by atoms with Crippen LogP contribution in [-0.2, 0) is 0 Å². The Balaban J connectivity index is 3.75. The van der Waals surface area contributed by atoms with Gasteiger partial charge in [0.2, 0.25) is 0 Å². The van der Waals surface area contributed by atoms with Crippen molar-refractivity contribution in [3.63, 3.8) is 0 Å². The Hall–Kier alpha value is 0.0569. The monoisotopic (exact) mass is 150 g/mol. The lowest BCUT2D eigenvalue weighted by Gasteiger charge is -2.29. The average Bonchev–Trinajstić information content (AvgIpc) is 1.14. The molecule has 4 N–H and O–H groups in total. The van der Waals surface area contributed by atoms with Crippen molar-refractivity contribution in [2.75, 3.05) is 28.2 Å². The van der Waals surface area contributed by atoms with Crippen LogP contribution in [0, 0.1) is 0 Å². The van der Waals surface area contributed by atoms with Crippen molar-refractivity contribution in [3.05, 3.63) is 0 Å². The van der Waals surface area contributed by atoms with Crippen LogP contribution in [0.15, 0.2) is 0 Å². The predicted molar refractivity (Wildman–Crippen MR) is 41.1 cm³/mol. The first kappa shape index (κ1) is 9.06. The lowest BCUT2D eigenvalue weighted by Crippen LogP contribution is -2.65. The van der Waals surface area contributed by atoms with Gasteiger partial charge in [0.1, 0.15) is 0 Å². The Labute approximate surface area is 59.1 Å². The minimum atomic E-state index is -0.481. The highest BCUT2D eigenvalue weighted by Gasteiger charge is 2.24. The fraction of sp³-hybridized carbons (Fsp3) is 1.00. The lowest BCUT2D eigenvalue weighted by molar-refractivity contribution is -0.902. The van der Waals surface area contributed by atoms with Crippen molar-refractivity contribution >= 4 is 9.84 Å². The van der Waals surface area contributed by atoms with Crippen LogP contribution >= 0.6 is 0 Å². The second kappa shape index (κ2) is 2.35. The van der Waals surface area contributed by atoms with Crippen LogP contribution in [0.4, 0.5) is 0 Å². The van der Waals surface area contributed by atoms with Crippen LogP contribution in [0.25, 0.3) is 0 Å². The van der Waals surface area contributed by atoms with Gasteiger partial charge in [-0.2, -0.15) is 11.7 Å². The van der Waals surface area contributed by atoms with Crippen LogP contribution in [0.3, 0.4) is 0 Å². The summed E-state index contributed by atoms with van der Waals surface area (Å²) in [5.74, 6) is 11.5. The van der Waals surface area contributed by atoms with E-state index in [9.17, 15) is 0 Å². The standard InChI is InChI=1S/C4H18N4Si/c1-7(2,5)9-8(3,4)6/h5-6,9H2,1-4H3/q+2. The first-order valence-corrected chi connectivity index (χ1v) is 4.20. The molecule has 0 aliphatic heterocycles. The second-order valence-electron chi connectivity index (χ2n) is 3.70. The molecular formula is C4H18N4Si+2. The topological polar surface area (TPSA) is 52.0 Å². The fourth-order valence-electron chi connectivity index (χ4n) is 0.939. The highest BCUT2D eigenvalue weighted by atomic mass is 28.2. The number of quaternary nitrogens is 2. The van der Waals surface area contributed by atoms with Gasteiger partial charge in [-0.05, 0) is 0 Å². The van der Waals surface area contributed by atoms with E-state index >= 15 is 0 Å². The van der Waals surface area contributed by atoms with Gasteiger partial charge in [0, 0.05) is 0 Å². The zero-order chi connectivity index (χ0) is 7.71. The molecule has 0 atom stereocenters. The highest BCUT2D eigenvalue weighted by Crippen LogP contribution is 1.87. The molecule has 0 unspecified atom stereocenters. The summed E-state index contributed by atoms with van der Waals surface area (Å²) in [6.45, 7) is 0. The SMILES string of the molecule is C[N+](C)(N)[SiH2][N+](C)(C)N. The Kier molecular flexibility index (Phi) is 2.37. The number of nitrogens with two attached hydrogens (primary N) is 2. The third kappa shape index (κ3) is 8.06. The minimum absolute atomic E-state index is 0.481. The molecule has 0 heterocycles. The van der Waals surface area contributed by atoms with Gasteiger partial charge in [-0.1, -0.05) is 0 Å². The molecule has 0 rings (SSSR count). The first-order chi connectivity index (χ1) is 3.71. The van der Waals surface area contributed by atoms with Crippen molar-refractivity contribution < 1.29 is 8.52 Å². The first-order valence-electron chi connectivity index (χ1n) is 2.94. The molecular weight excluding hydrogens is 132 g/mol. The fourth-order valence-corrected chi connectivity index (χ4v) is 2.82. The summed E-state index contributed by atoms with van der Waals surface area (Å²) in [5.41, 5.74) is 0. The van der Waals surface area contributed by atoms with E-state index in [2.05, 4.69) is 0 Å². The van der Waals surface area contributed by atoms with Crippen molar-refractivity contribution in [2.45, 2.75) is 0 Å². The molecule has 0 aromatic heterocycles. The Morgan fingerprint density at radius 1 is 0.889 bits per heavy atom. The quantitative estimate of drug-likeness (QED) is 0.269. The third-order valence-electron chi connectivity index (χ3n) is 0.729. The molecule has 0 saturated heterocycles. The molecule has 0 amide bonds. The van der Waals surface area contributed by atoms with Crippen molar-refractivity contribution in [2.24, 2.45) is 11.7 Å². The average molecular weight is 150 g/mol. The van der Waals surface area contributed by atoms with Crippen LogP contribution in [0.1, 0.15) is 0 Å². The summed E-state index contributed by atoms with van der Waals surface area (Å²) in [6, 6.07) is 0. The van der Waals surface area contributed by atoms with Crippen LogP contribution in [-0.4, -0.2) is 46.5 Å². The van der Waals surface area contributed by atoms with E-state index in [0.717, 1.165) is 0 Å². The number of nitrogens with zero attached hydrogens (tertiary/aromatic N) is 2. The van der Waals surface area contributed by atoms with Crippen LogP contribution in [0.5, 0.6) is 0 Å². The van der Waals surface area contributed by atoms with Crippen molar-refractivity contribution in [1.29, 1.82) is 0 Å². The molecule has 0 aromatic rings. The molecule has 5 heteroatoms. The van der Waals surface area contributed by atoms with E-state index in [1.807, 2.05) is 28.2 Å². The largest absolute Gasteiger partial charge is 0.530 e. The van der Waals surface area contributed by atoms with Gasteiger partial charge >= 0.3 is 9.84 Å². The van der Waals surface area contributed by atoms with Gasteiger partial charge < -0.3 is 0 Å². The second-order valence-corrected chi connectivity index (χ2v) is 7.24. The molecule has 56 valence electrons. The molecule has 0 spiro atoms. The van der Waals surface area contributed by atoms with E-state index in [4.69, 9.17) is 11.7 Å². The number of hydrogen-bond acceptors (Lipinski definition) is 2. The highest BCUT2D eigenvalue weighted by molar-refractivity contribution is 6.15. The van der Waals surface area contributed by atoms with Gasteiger partial charge in [0.25, 0.3) is 0 Å². The van der Waals surface area contributed by atoms with E-state index < -0.39 is 9.84 Å². The van der Waals surface area contributed by atoms with Crippen molar-refractivity contribution in [3.8, 4) is 0 Å². The van der Waals surface area contributed by atoms with Gasteiger partial charge in [-0.15, -0.1) is 0 Å². The maximum Gasteiger partial charge on any atom is 0.530 e. The maximum absolute atomic E-state index is 5.73. The molecule has 0 aromatic carbocycles. The molecule has 0 saturated carbocycles. The van der Waals surface area contributed by atoms with E-state index in [1.165, 1.54) is 0 Å². The molecule has 0 aliphatic carbocycles. The summed E-state index contributed by atoms with van der Waals surface area (Å²) < 4.78 is 1.09. The summed E-state index contributed by atoms with van der Waals surface area (Å²) in [5, 5.41) is 0. The number of rotatable bonds is 2. The van der Waals surface area contributed by atoms with Gasteiger partial charge in [0.05, 0.1) is 28.2 Å². The van der Waals surface area contributed by atoms with Crippen molar-refractivity contribution in [1.82, 2.24) is 0 Å². The molecule has 9 heavy (non-hydrogen) atoms. The molecule has 0 aliphatic rings. The molecule has 0 radical (unpaired) electrons. The summed E-state index contributed by atoms with van der Waals surface area (Å²) in [6.07, 6.45) is 0. The Morgan fingerprint density at radius 3 is 1.11 bits per heavy atom. The molecule has 4 nitrogen and oxygen atoms in total. The Bertz CT molecular complexity index is 77.7. The normalized spacial score (nSPS) is 14.0. The molecule has 0 bridgehead atoms. The number of hydrogen-bond donors (Lipinski definition) is 2. The van der Waals surface area contributed by atoms with Crippen LogP contribution in [0.2, 0.25) is 0 Å². The maximum atomic E-state index is 5.73. The summed E-state index contributed by atoms with van der Waals surface area (Å²) >= 11 is 0. The van der Waals surface area contributed by atoms with E-state index in [1.54, 1.807) is 0 Å². The zero-order valence-corrected chi connectivity index (χ0v) is 8.17. The van der Waals surface area contributed by atoms with Gasteiger partial charge in [-0.3, -0.25) is 8.52 Å². The third-order valence-corrected chi connectivity index (χ3v) is 2.19. The zero-order valence-electron chi connectivity index (χ0n) is 6.76. The van der Waals surface area contributed by atoms with E-state index in [-0.39, 0.29) is 0 Å². The van der Waals surface area contributed by atoms with Gasteiger partial charge in [0.15, 0.2) is 0 Å². The Morgan fingerprint density at radius 2 is 1.11 bits per heavy atom. The summed E-state index contributed by atoms with van der Waals surface area (Å²) in [7, 11) is 7.40.